The van der Waals surface area contributed by atoms with E-state index in [9.17, 15) is 4.79 Å². The maximum atomic E-state index is 12.0. The van der Waals surface area contributed by atoms with E-state index in [0.717, 1.165) is 22.4 Å². The van der Waals surface area contributed by atoms with Gasteiger partial charge in [-0.2, -0.15) is 11.3 Å². The molecular weight excluding hydrogens is 340 g/mol. The zero-order valence-electron chi connectivity index (χ0n) is 12.8. The Balaban J connectivity index is 1.64. The molecule has 0 aliphatic heterocycles. The quantitative estimate of drug-likeness (QED) is 0.669. The minimum Gasteiger partial charge on any atom is -0.348 e. The fourth-order valence-corrected chi connectivity index (χ4v) is 2.99. The summed E-state index contributed by atoms with van der Waals surface area (Å²) >= 11 is 7.47. The highest BCUT2D eigenvalue weighted by Gasteiger charge is 2.07. The Morgan fingerprint density at radius 3 is 2.79 bits per heavy atom. The van der Waals surface area contributed by atoms with Crippen LogP contribution in [0.3, 0.4) is 0 Å². The van der Waals surface area contributed by atoms with Crippen LogP contribution in [0.2, 0.25) is 5.02 Å². The van der Waals surface area contributed by atoms with Crippen LogP contribution in [0.4, 0.5) is 0 Å². The molecule has 0 radical (unpaired) electrons. The van der Waals surface area contributed by atoms with Crippen LogP contribution in [0, 0.1) is 0 Å². The third-order valence-electron chi connectivity index (χ3n) is 3.44. The molecule has 3 rings (SSSR count). The summed E-state index contributed by atoms with van der Waals surface area (Å²) in [5, 5.41) is 7.63. The van der Waals surface area contributed by atoms with Crippen molar-refractivity contribution >= 4 is 34.9 Å². The largest absolute Gasteiger partial charge is 0.348 e. The van der Waals surface area contributed by atoms with Gasteiger partial charge in [0, 0.05) is 34.8 Å². The summed E-state index contributed by atoms with van der Waals surface area (Å²) in [7, 11) is 0. The third-order valence-corrected chi connectivity index (χ3v) is 4.37. The highest BCUT2D eigenvalue weighted by Crippen LogP contribution is 2.23. The Labute approximate surface area is 149 Å². The average Bonchev–Trinajstić information content (AvgIpc) is 3.14. The number of benzene rings is 1. The number of nitrogens with one attached hydrogen (secondary N) is 1. The van der Waals surface area contributed by atoms with Crippen molar-refractivity contribution in [3.05, 3.63) is 81.6 Å². The summed E-state index contributed by atoms with van der Waals surface area (Å²) in [6, 6.07) is 13.2. The first-order chi connectivity index (χ1) is 11.7. The Hall–Kier alpha value is -2.43. The predicted molar refractivity (Wildman–Crippen MR) is 99.9 cm³/mol. The standard InChI is InChI=1S/C19H15ClN2OS/c20-17-6-3-14(4-7-17)5-8-18(23)22-12-15-2-1-10-21-19(15)16-9-11-24-13-16/h1-11,13H,12H2,(H,22,23)/b8-5+. The van der Waals surface area contributed by atoms with E-state index >= 15 is 0 Å². The second-order valence-electron chi connectivity index (χ2n) is 5.13. The molecule has 2 aromatic heterocycles. The monoisotopic (exact) mass is 354 g/mol. The number of pyridine rings is 1. The molecule has 2 heterocycles. The molecule has 120 valence electrons. The van der Waals surface area contributed by atoms with Crippen LogP contribution >= 0.6 is 22.9 Å². The van der Waals surface area contributed by atoms with Gasteiger partial charge in [0.05, 0.1) is 5.69 Å². The number of rotatable bonds is 5. The van der Waals surface area contributed by atoms with Crippen LogP contribution in [-0.2, 0) is 11.3 Å². The zero-order valence-corrected chi connectivity index (χ0v) is 14.3. The van der Waals surface area contributed by atoms with Crippen molar-refractivity contribution in [2.24, 2.45) is 0 Å². The minimum absolute atomic E-state index is 0.148. The molecule has 3 aromatic rings. The van der Waals surface area contributed by atoms with E-state index in [-0.39, 0.29) is 5.91 Å². The van der Waals surface area contributed by atoms with E-state index in [4.69, 9.17) is 11.6 Å². The van der Waals surface area contributed by atoms with E-state index in [1.54, 1.807) is 35.7 Å². The lowest BCUT2D eigenvalue weighted by atomic mass is 10.1. The molecule has 0 atom stereocenters. The maximum Gasteiger partial charge on any atom is 0.244 e. The van der Waals surface area contributed by atoms with Crippen LogP contribution in [0.25, 0.3) is 17.3 Å². The molecule has 0 aliphatic carbocycles. The Morgan fingerprint density at radius 1 is 1.21 bits per heavy atom. The van der Waals surface area contributed by atoms with Gasteiger partial charge in [-0.1, -0.05) is 29.8 Å². The third kappa shape index (κ3) is 4.31. The molecular formula is C19H15ClN2OS. The van der Waals surface area contributed by atoms with Gasteiger partial charge >= 0.3 is 0 Å². The summed E-state index contributed by atoms with van der Waals surface area (Å²) in [5.74, 6) is -0.148. The number of nitrogens with zero attached hydrogens (tertiary/aromatic N) is 1. The first kappa shape index (κ1) is 16.4. The van der Waals surface area contributed by atoms with Crippen molar-refractivity contribution in [3.8, 4) is 11.3 Å². The van der Waals surface area contributed by atoms with Crippen molar-refractivity contribution in [3.63, 3.8) is 0 Å². The van der Waals surface area contributed by atoms with Gasteiger partial charge in [-0.25, -0.2) is 0 Å². The van der Waals surface area contributed by atoms with Gasteiger partial charge in [-0.15, -0.1) is 0 Å². The molecule has 0 saturated carbocycles. The first-order valence-corrected chi connectivity index (χ1v) is 8.72. The van der Waals surface area contributed by atoms with Gasteiger partial charge in [0.15, 0.2) is 0 Å². The summed E-state index contributed by atoms with van der Waals surface area (Å²) in [5.41, 5.74) is 3.89. The van der Waals surface area contributed by atoms with Crippen LogP contribution in [0.5, 0.6) is 0 Å². The van der Waals surface area contributed by atoms with E-state index < -0.39 is 0 Å². The molecule has 0 bridgehead atoms. The molecule has 1 amide bonds. The molecule has 24 heavy (non-hydrogen) atoms. The number of carbonyl (C=O) groups excluding carboxylic acids is 1. The van der Waals surface area contributed by atoms with Crippen LogP contribution in [0.15, 0.2) is 65.5 Å². The maximum absolute atomic E-state index is 12.0. The lowest BCUT2D eigenvalue weighted by Crippen LogP contribution is -2.20. The van der Waals surface area contributed by atoms with Crippen molar-refractivity contribution in [1.29, 1.82) is 0 Å². The smallest absolute Gasteiger partial charge is 0.244 e. The molecule has 0 unspecified atom stereocenters. The number of halogens is 1. The summed E-state index contributed by atoms with van der Waals surface area (Å²) < 4.78 is 0. The van der Waals surface area contributed by atoms with Gasteiger partial charge < -0.3 is 5.32 Å². The van der Waals surface area contributed by atoms with Crippen molar-refractivity contribution in [2.45, 2.75) is 6.54 Å². The minimum atomic E-state index is -0.148. The molecule has 0 saturated heterocycles. The number of hydrogen-bond donors (Lipinski definition) is 1. The lowest BCUT2D eigenvalue weighted by Gasteiger charge is -2.07. The fraction of sp³-hybridized carbons (Fsp3) is 0.0526. The second-order valence-corrected chi connectivity index (χ2v) is 6.34. The van der Waals surface area contributed by atoms with E-state index in [2.05, 4.69) is 10.3 Å². The molecule has 0 aliphatic rings. The van der Waals surface area contributed by atoms with Crippen molar-refractivity contribution in [1.82, 2.24) is 10.3 Å². The highest BCUT2D eigenvalue weighted by molar-refractivity contribution is 7.08. The van der Waals surface area contributed by atoms with E-state index in [1.165, 1.54) is 6.08 Å². The van der Waals surface area contributed by atoms with Crippen LogP contribution in [-0.4, -0.2) is 10.9 Å². The van der Waals surface area contributed by atoms with Crippen molar-refractivity contribution < 1.29 is 4.79 Å². The molecule has 0 spiro atoms. The summed E-state index contributed by atoms with van der Waals surface area (Å²) in [6.07, 6.45) is 5.04. The normalized spacial score (nSPS) is 10.9. The average molecular weight is 355 g/mol. The van der Waals surface area contributed by atoms with Gasteiger partial charge in [0.1, 0.15) is 0 Å². The molecule has 0 fully saturated rings. The van der Waals surface area contributed by atoms with Gasteiger partial charge in [-0.3, -0.25) is 9.78 Å². The topological polar surface area (TPSA) is 42.0 Å². The summed E-state index contributed by atoms with van der Waals surface area (Å²) in [6.45, 7) is 0.433. The molecule has 3 nitrogen and oxygen atoms in total. The Kier molecular flexibility index (Phi) is 5.41. The van der Waals surface area contributed by atoms with Crippen LogP contribution in [0.1, 0.15) is 11.1 Å². The predicted octanol–water partition coefficient (Wildman–Crippen LogP) is 4.79. The van der Waals surface area contributed by atoms with E-state index in [1.807, 2.05) is 41.1 Å². The SMILES string of the molecule is O=C(/C=C/c1ccc(Cl)cc1)NCc1cccnc1-c1ccsc1. The van der Waals surface area contributed by atoms with Gasteiger partial charge in [0.2, 0.25) is 5.91 Å². The first-order valence-electron chi connectivity index (χ1n) is 7.40. The van der Waals surface area contributed by atoms with E-state index in [0.29, 0.717) is 11.6 Å². The zero-order chi connectivity index (χ0) is 16.8. The van der Waals surface area contributed by atoms with Crippen molar-refractivity contribution in [2.75, 3.05) is 0 Å². The second kappa shape index (κ2) is 7.90. The number of aromatic nitrogens is 1. The highest BCUT2D eigenvalue weighted by atomic mass is 35.5. The Bertz CT molecular complexity index is 842. The van der Waals surface area contributed by atoms with Gasteiger partial charge in [-0.05, 0) is 46.8 Å². The number of carbonyl (C=O) groups is 1. The Morgan fingerprint density at radius 2 is 2.04 bits per heavy atom. The molecule has 1 aromatic carbocycles. The molecule has 5 heteroatoms. The fourth-order valence-electron chi connectivity index (χ4n) is 2.23. The molecule has 1 N–H and O–H groups in total. The number of amides is 1. The number of hydrogen-bond acceptors (Lipinski definition) is 3. The lowest BCUT2D eigenvalue weighted by molar-refractivity contribution is -0.116. The number of thiophene rings is 1. The van der Waals surface area contributed by atoms with Gasteiger partial charge in [0.25, 0.3) is 0 Å². The summed E-state index contributed by atoms with van der Waals surface area (Å²) in [4.78, 5) is 16.4. The van der Waals surface area contributed by atoms with Crippen LogP contribution < -0.4 is 5.32 Å².